The van der Waals surface area contributed by atoms with Crippen LogP contribution in [0.1, 0.15) is 36.0 Å². The molecule has 1 aromatic carbocycles. The van der Waals surface area contributed by atoms with Crippen LogP contribution in [0.4, 0.5) is 4.39 Å². The highest BCUT2D eigenvalue weighted by Crippen LogP contribution is 2.30. The lowest BCUT2D eigenvalue weighted by atomic mass is 9.80. The summed E-state index contributed by atoms with van der Waals surface area (Å²) in [5.74, 6) is 0.475. The molecule has 5 heteroatoms. The van der Waals surface area contributed by atoms with Crippen molar-refractivity contribution in [3.8, 4) is 0 Å². The van der Waals surface area contributed by atoms with Crippen LogP contribution in [0.3, 0.4) is 0 Å². The second-order valence-electron chi connectivity index (χ2n) is 5.29. The topological polar surface area (TPSA) is 29.1 Å². The molecule has 0 radical (unpaired) electrons. The summed E-state index contributed by atoms with van der Waals surface area (Å²) in [5.41, 5.74) is 0.0348. The van der Waals surface area contributed by atoms with Crippen LogP contribution < -0.4 is 5.32 Å². The first kappa shape index (κ1) is 15.6. The number of hydrogen-bond donors (Lipinski definition) is 1. The Bertz CT molecular complexity index is 481. The van der Waals surface area contributed by atoms with Crippen molar-refractivity contribution in [3.05, 3.63) is 34.6 Å². The van der Waals surface area contributed by atoms with E-state index in [1.807, 2.05) is 0 Å². The molecule has 1 fully saturated rings. The summed E-state index contributed by atoms with van der Waals surface area (Å²) < 4.78 is 13.6. The van der Waals surface area contributed by atoms with E-state index in [0.29, 0.717) is 24.3 Å². The van der Waals surface area contributed by atoms with E-state index in [1.165, 1.54) is 25.0 Å². The molecule has 20 heavy (non-hydrogen) atoms. The number of carbonyl (C=O) groups excluding carboxylic acids is 1. The van der Waals surface area contributed by atoms with Gasteiger partial charge in [-0.25, -0.2) is 4.39 Å². The Morgan fingerprint density at radius 3 is 2.65 bits per heavy atom. The molecule has 1 N–H and O–H groups in total. The Balaban J connectivity index is 1.94. The van der Waals surface area contributed by atoms with Gasteiger partial charge in [0.2, 0.25) is 0 Å². The molecule has 0 aromatic heterocycles. The zero-order valence-electron chi connectivity index (χ0n) is 11.2. The molecule has 1 amide bonds. The number of nitrogens with one attached hydrogen (secondary N) is 1. The number of amides is 1. The lowest BCUT2D eigenvalue weighted by molar-refractivity contribution is 0.0932. The molecule has 0 heterocycles. The number of carbonyl (C=O) groups is 1. The van der Waals surface area contributed by atoms with Gasteiger partial charge >= 0.3 is 0 Å². The molecule has 1 aliphatic carbocycles. The van der Waals surface area contributed by atoms with Gasteiger partial charge in [0.25, 0.3) is 5.91 Å². The normalized spacial score (nSPS) is 22.6. The van der Waals surface area contributed by atoms with Crippen LogP contribution in [-0.4, -0.2) is 18.3 Å². The van der Waals surface area contributed by atoms with Gasteiger partial charge in [0.1, 0.15) is 5.82 Å². The molecule has 0 bridgehead atoms. The fraction of sp³-hybridized carbons (Fsp3) is 0.533. The second-order valence-corrected chi connectivity index (χ2v) is 6.04. The predicted molar refractivity (Wildman–Crippen MR) is 79.9 cm³/mol. The van der Waals surface area contributed by atoms with Crippen molar-refractivity contribution in [2.24, 2.45) is 11.8 Å². The second kappa shape index (κ2) is 7.28. The van der Waals surface area contributed by atoms with Crippen molar-refractivity contribution in [1.82, 2.24) is 5.32 Å². The van der Waals surface area contributed by atoms with E-state index in [-0.39, 0.29) is 10.6 Å². The number of benzene rings is 1. The molecule has 0 spiro atoms. The van der Waals surface area contributed by atoms with Gasteiger partial charge in [-0.1, -0.05) is 24.4 Å². The average molecular weight is 318 g/mol. The summed E-state index contributed by atoms with van der Waals surface area (Å²) in [5, 5.41) is 3.10. The van der Waals surface area contributed by atoms with E-state index in [2.05, 4.69) is 5.32 Å². The third kappa shape index (κ3) is 3.86. The van der Waals surface area contributed by atoms with Gasteiger partial charge in [-0.3, -0.25) is 4.79 Å². The molecular formula is C15H18Cl2FNO. The summed E-state index contributed by atoms with van der Waals surface area (Å²) in [4.78, 5) is 12.0. The van der Waals surface area contributed by atoms with E-state index in [1.54, 1.807) is 0 Å². The van der Waals surface area contributed by atoms with Crippen LogP contribution in [0, 0.1) is 17.7 Å². The van der Waals surface area contributed by atoms with Crippen LogP contribution in [0.5, 0.6) is 0 Å². The quantitative estimate of drug-likeness (QED) is 0.826. The van der Waals surface area contributed by atoms with Gasteiger partial charge in [-0.2, -0.15) is 0 Å². The van der Waals surface area contributed by atoms with E-state index in [0.717, 1.165) is 18.9 Å². The maximum atomic E-state index is 13.6. The Kier molecular flexibility index (Phi) is 5.67. The van der Waals surface area contributed by atoms with Crippen molar-refractivity contribution < 1.29 is 9.18 Å². The van der Waals surface area contributed by atoms with E-state index >= 15 is 0 Å². The minimum atomic E-state index is -0.590. The molecule has 2 unspecified atom stereocenters. The van der Waals surface area contributed by atoms with E-state index < -0.39 is 11.7 Å². The average Bonchev–Trinajstić information content (AvgIpc) is 2.45. The number of rotatable bonds is 4. The highest BCUT2D eigenvalue weighted by atomic mass is 35.5. The van der Waals surface area contributed by atoms with Gasteiger partial charge in [0.15, 0.2) is 0 Å². The Labute approximate surface area is 128 Å². The Hall–Kier alpha value is -0.800. The van der Waals surface area contributed by atoms with Crippen molar-refractivity contribution >= 4 is 29.1 Å². The third-order valence-electron chi connectivity index (χ3n) is 3.97. The molecule has 2 nitrogen and oxygen atoms in total. The first-order chi connectivity index (χ1) is 9.61. The molecular weight excluding hydrogens is 300 g/mol. The smallest absolute Gasteiger partial charge is 0.254 e. The monoisotopic (exact) mass is 317 g/mol. The van der Waals surface area contributed by atoms with Crippen LogP contribution >= 0.6 is 23.2 Å². The highest BCUT2D eigenvalue weighted by molar-refractivity contribution is 6.30. The standard InChI is InChI=1S/C15H18Cl2FNO/c16-8-10-3-1-2-4-11(10)9-19-15(20)13-6-5-12(17)7-14(13)18/h5-7,10-11H,1-4,8-9H2,(H,19,20). The van der Waals surface area contributed by atoms with Crippen LogP contribution in [0.25, 0.3) is 0 Å². The number of alkyl halides is 1. The largest absolute Gasteiger partial charge is 0.352 e. The highest BCUT2D eigenvalue weighted by Gasteiger charge is 2.25. The molecule has 1 aliphatic rings. The summed E-state index contributed by atoms with van der Waals surface area (Å²) in [7, 11) is 0. The fourth-order valence-electron chi connectivity index (χ4n) is 2.75. The summed E-state index contributed by atoms with van der Waals surface area (Å²) in [6.07, 6.45) is 4.55. The molecule has 0 aliphatic heterocycles. The van der Waals surface area contributed by atoms with Gasteiger partial charge in [-0.15, -0.1) is 11.6 Å². The minimum absolute atomic E-state index is 0.0348. The summed E-state index contributed by atoms with van der Waals surface area (Å²) in [6.45, 7) is 0.554. The minimum Gasteiger partial charge on any atom is -0.352 e. The fourth-order valence-corrected chi connectivity index (χ4v) is 3.31. The number of halogens is 3. The molecule has 1 aromatic rings. The summed E-state index contributed by atoms with van der Waals surface area (Å²) >= 11 is 11.6. The van der Waals surface area contributed by atoms with E-state index in [4.69, 9.17) is 23.2 Å². The van der Waals surface area contributed by atoms with Gasteiger partial charge < -0.3 is 5.32 Å². The Morgan fingerprint density at radius 2 is 2.00 bits per heavy atom. The molecule has 2 atom stereocenters. The zero-order chi connectivity index (χ0) is 14.5. The molecule has 0 saturated heterocycles. The van der Waals surface area contributed by atoms with Gasteiger partial charge in [0.05, 0.1) is 5.56 Å². The van der Waals surface area contributed by atoms with Crippen LogP contribution in [0.2, 0.25) is 5.02 Å². The zero-order valence-corrected chi connectivity index (χ0v) is 12.7. The molecule has 2 rings (SSSR count). The Morgan fingerprint density at radius 1 is 1.30 bits per heavy atom. The first-order valence-corrected chi connectivity index (χ1v) is 7.82. The lowest BCUT2D eigenvalue weighted by Gasteiger charge is -2.30. The SMILES string of the molecule is O=C(NCC1CCCCC1CCl)c1ccc(Cl)cc1F. The van der Waals surface area contributed by atoms with Gasteiger partial charge in [0, 0.05) is 17.4 Å². The van der Waals surface area contributed by atoms with Crippen molar-refractivity contribution in [2.75, 3.05) is 12.4 Å². The van der Waals surface area contributed by atoms with Gasteiger partial charge in [-0.05, 0) is 42.9 Å². The van der Waals surface area contributed by atoms with Crippen LogP contribution in [-0.2, 0) is 0 Å². The van der Waals surface area contributed by atoms with Crippen molar-refractivity contribution in [3.63, 3.8) is 0 Å². The molecule has 110 valence electrons. The molecule has 1 saturated carbocycles. The van der Waals surface area contributed by atoms with Crippen molar-refractivity contribution in [2.45, 2.75) is 25.7 Å². The van der Waals surface area contributed by atoms with E-state index in [9.17, 15) is 9.18 Å². The maximum absolute atomic E-state index is 13.6. The predicted octanol–water partition coefficient (Wildman–Crippen LogP) is 4.25. The summed E-state index contributed by atoms with van der Waals surface area (Å²) in [6, 6.07) is 4.08. The number of hydrogen-bond acceptors (Lipinski definition) is 1. The third-order valence-corrected chi connectivity index (χ3v) is 4.60. The first-order valence-electron chi connectivity index (χ1n) is 6.91. The van der Waals surface area contributed by atoms with Crippen molar-refractivity contribution in [1.29, 1.82) is 0 Å². The maximum Gasteiger partial charge on any atom is 0.254 e. The van der Waals surface area contributed by atoms with Crippen LogP contribution in [0.15, 0.2) is 18.2 Å². The lowest BCUT2D eigenvalue weighted by Crippen LogP contribution is -2.35.